The Hall–Kier alpha value is -1.91. The van der Waals surface area contributed by atoms with Crippen molar-refractivity contribution in [2.75, 3.05) is 13.4 Å². The van der Waals surface area contributed by atoms with Crippen molar-refractivity contribution >= 4 is 6.16 Å². The summed E-state index contributed by atoms with van der Waals surface area (Å²) in [5.41, 5.74) is 0.852. The lowest BCUT2D eigenvalue weighted by Gasteiger charge is -2.06. The fraction of sp³-hybridized carbons (Fsp3) is 0.300. The summed E-state index contributed by atoms with van der Waals surface area (Å²) in [6.45, 7) is 0.484. The molecule has 0 saturated carbocycles. The number of ether oxygens (including phenoxy) is 4. The lowest BCUT2D eigenvalue weighted by atomic mass is 10.1. The van der Waals surface area contributed by atoms with Crippen LogP contribution in [0.25, 0.3) is 0 Å². The highest BCUT2D eigenvalue weighted by Gasteiger charge is 2.28. The Morgan fingerprint density at radius 2 is 2.00 bits per heavy atom. The van der Waals surface area contributed by atoms with Crippen molar-refractivity contribution in [1.29, 1.82) is 0 Å². The van der Waals surface area contributed by atoms with Gasteiger partial charge in [0.1, 0.15) is 6.61 Å². The van der Waals surface area contributed by atoms with Gasteiger partial charge in [-0.25, -0.2) is 4.79 Å². The molecule has 1 saturated heterocycles. The highest BCUT2D eigenvalue weighted by molar-refractivity contribution is 5.62. The Labute approximate surface area is 85.5 Å². The van der Waals surface area contributed by atoms with Crippen LogP contribution in [-0.4, -0.2) is 19.6 Å². The number of fused-ring (bicyclic) bond motifs is 1. The minimum Gasteiger partial charge on any atom is -0.454 e. The van der Waals surface area contributed by atoms with Gasteiger partial charge >= 0.3 is 6.16 Å². The summed E-state index contributed by atoms with van der Waals surface area (Å²) in [7, 11) is 0. The first kappa shape index (κ1) is 8.40. The van der Waals surface area contributed by atoms with Crippen molar-refractivity contribution in [2.24, 2.45) is 0 Å². The largest absolute Gasteiger partial charge is 0.509 e. The highest BCUT2D eigenvalue weighted by Crippen LogP contribution is 2.35. The normalized spacial score (nSPS) is 22.4. The molecule has 0 N–H and O–H groups in total. The maximum atomic E-state index is 10.8. The third-order valence-electron chi connectivity index (χ3n) is 2.36. The van der Waals surface area contributed by atoms with Crippen molar-refractivity contribution in [2.45, 2.75) is 6.10 Å². The molecule has 2 heterocycles. The molecule has 78 valence electrons. The zero-order valence-corrected chi connectivity index (χ0v) is 7.76. The molecular formula is C10H8O5. The Morgan fingerprint density at radius 1 is 1.13 bits per heavy atom. The van der Waals surface area contributed by atoms with Crippen molar-refractivity contribution in [3.05, 3.63) is 23.8 Å². The molecule has 15 heavy (non-hydrogen) atoms. The molecule has 0 bridgehead atoms. The molecule has 1 aromatic carbocycles. The van der Waals surface area contributed by atoms with Gasteiger partial charge in [0.05, 0.1) is 0 Å². The number of carbonyl (C=O) groups excluding carboxylic acids is 1. The number of carbonyl (C=O) groups is 1. The summed E-state index contributed by atoms with van der Waals surface area (Å²) < 4.78 is 20.1. The SMILES string of the molecule is O=C1OCC(c2ccc3c(c2)OCO3)O1. The van der Waals surface area contributed by atoms with Crippen LogP contribution in [-0.2, 0) is 9.47 Å². The van der Waals surface area contributed by atoms with Gasteiger partial charge in [-0.15, -0.1) is 0 Å². The molecule has 0 radical (unpaired) electrons. The zero-order valence-electron chi connectivity index (χ0n) is 7.76. The standard InChI is InChI=1S/C10H8O5/c11-10-12-4-9(15-10)6-1-2-7-8(3-6)14-5-13-7/h1-3,9H,4-5H2. The number of hydrogen-bond donors (Lipinski definition) is 0. The molecule has 5 heteroatoms. The predicted molar refractivity (Wildman–Crippen MR) is 47.7 cm³/mol. The summed E-state index contributed by atoms with van der Waals surface area (Å²) in [6.07, 6.45) is -0.968. The number of cyclic esters (lactones) is 2. The third kappa shape index (κ3) is 1.36. The third-order valence-corrected chi connectivity index (χ3v) is 2.36. The zero-order chi connectivity index (χ0) is 10.3. The molecule has 3 rings (SSSR count). The second kappa shape index (κ2) is 3.05. The van der Waals surface area contributed by atoms with Crippen molar-refractivity contribution < 1.29 is 23.7 Å². The van der Waals surface area contributed by atoms with Gasteiger partial charge in [0, 0.05) is 0 Å². The minimum absolute atomic E-state index is 0.236. The van der Waals surface area contributed by atoms with Crippen LogP contribution in [0.1, 0.15) is 11.7 Å². The van der Waals surface area contributed by atoms with Gasteiger partial charge in [0.15, 0.2) is 17.6 Å². The van der Waals surface area contributed by atoms with Crippen LogP contribution in [0.3, 0.4) is 0 Å². The van der Waals surface area contributed by atoms with E-state index in [1.807, 2.05) is 6.07 Å². The molecule has 1 aromatic rings. The van der Waals surface area contributed by atoms with E-state index in [2.05, 4.69) is 0 Å². The van der Waals surface area contributed by atoms with Crippen LogP contribution in [0.2, 0.25) is 0 Å². The van der Waals surface area contributed by atoms with Gasteiger partial charge in [-0.3, -0.25) is 0 Å². The molecule has 1 fully saturated rings. The highest BCUT2D eigenvalue weighted by atomic mass is 16.8. The monoisotopic (exact) mass is 208 g/mol. The lowest BCUT2D eigenvalue weighted by molar-refractivity contribution is 0.118. The summed E-state index contributed by atoms with van der Waals surface area (Å²) in [5.74, 6) is 1.39. The smallest absolute Gasteiger partial charge is 0.454 e. The molecule has 0 aliphatic carbocycles. The second-order valence-electron chi connectivity index (χ2n) is 3.28. The van der Waals surface area contributed by atoms with E-state index in [0.717, 1.165) is 5.56 Å². The summed E-state index contributed by atoms with van der Waals surface area (Å²) in [6, 6.07) is 5.43. The summed E-state index contributed by atoms with van der Waals surface area (Å²) >= 11 is 0. The van der Waals surface area contributed by atoms with Gasteiger partial charge in [-0.1, -0.05) is 6.07 Å². The van der Waals surface area contributed by atoms with E-state index < -0.39 is 6.16 Å². The van der Waals surface area contributed by atoms with Gasteiger partial charge < -0.3 is 18.9 Å². The summed E-state index contributed by atoms with van der Waals surface area (Å²) in [5, 5.41) is 0. The number of benzene rings is 1. The average molecular weight is 208 g/mol. The summed E-state index contributed by atoms with van der Waals surface area (Å²) in [4.78, 5) is 10.8. The van der Waals surface area contributed by atoms with Crippen LogP contribution >= 0.6 is 0 Å². The van der Waals surface area contributed by atoms with Crippen molar-refractivity contribution in [3.63, 3.8) is 0 Å². The first-order valence-electron chi connectivity index (χ1n) is 4.56. The molecule has 1 atom stereocenters. The molecule has 1 unspecified atom stereocenters. The first-order valence-corrected chi connectivity index (χ1v) is 4.56. The van der Waals surface area contributed by atoms with E-state index >= 15 is 0 Å². The van der Waals surface area contributed by atoms with Crippen LogP contribution in [0, 0.1) is 0 Å². The van der Waals surface area contributed by atoms with Crippen molar-refractivity contribution in [3.8, 4) is 11.5 Å². The Kier molecular flexibility index (Phi) is 1.71. The molecule has 0 spiro atoms. The molecule has 0 amide bonds. The van der Waals surface area contributed by atoms with Crippen LogP contribution in [0.4, 0.5) is 4.79 Å². The fourth-order valence-corrected chi connectivity index (χ4v) is 1.61. The van der Waals surface area contributed by atoms with Gasteiger partial charge in [0.2, 0.25) is 6.79 Å². The predicted octanol–water partition coefficient (Wildman–Crippen LogP) is 1.62. The quantitative estimate of drug-likeness (QED) is 0.656. The molecule has 5 nitrogen and oxygen atoms in total. The molecular weight excluding hydrogens is 200 g/mol. The van der Waals surface area contributed by atoms with Crippen LogP contribution in [0.15, 0.2) is 18.2 Å². The van der Waals surface area contributed by atoms with E-state index in [9.17, 15) is 4.79 Å². The number of rotatable bonds is 1. The van der Waals surface area contributed by atoms with Gasteiger partial charge in [0.25, 0.3) is 0 Å². The molecule has 2 aliphatic rings. The fourth-order valence-electron chi connectivity index (χ4n) is 1.61. The molecule has 2 aliphatic heterocycles. The Balaban J connectivity index is 1.89. The average Bonchev–Trinajstić information content (AvgIpc) is 2.84. The first-order chi connectivity index (χ1) is 7.33. The topological polar surface area (TPSA) is 54.0 Å². The molecule has 0 aromatic heterocycles. The van der Waals surface area contributed by atoms with Crippen molar-refractivity contribution in [1.82, 2.24) is 0 Å². The minimum atomic E-state index is -0.627. The van der Waals surface area contributed by atoms with E-state index in [-0.39, 0.29) is 19.5 Å². The van der Waals surface area contributed by atoms with E-state index in [1.54, 1.807) is 12.1 Å². The number of hydrogen-bond acceptors (Lipinski definition) is 5. The maximum absolute atomic E-state index is 10.8. The Morgan fingerprint density at radius 3 is 2.80 bits per heavy atom. The van der Waals surface area contributed by atoms with E-state index in [1.165, 1.54) is 0 Å². The van der Waals surface area contributed by atoms with Gasteiger partial charge in [-0.2, -0.15) is 0 Å². The maximum Gasteiger partial charge on any atom is 0.509 e. The van der Waals surface area contributed by atoms with Crippen LogP contribution < -0.4 is 9.47 Å². The van der Waals surface area contributed by atoms with E-state index in [0.29, 0.717) is 11.5 Å². The van der Waals surface area contributed by atoms with E-state index in [4.69, 9.17) is 18.9 Å². The second-order valence-corrected chi connectivity index (χ2v) is 3.28. The Bertz CT molecular complexity index is 414. The van der Waals surface area contributed by atoms with Gasteiger partial charge in [-0.05, 0) is 17.7 Å². The lowest BCUT2D eigenvalue weighted by Crippen LogP contribution is -1.99. The van der Waals surface area contributed by atoms with Crippen LogP contribution in [0.5, 0.6) is 11.5 Å².